The van der Waals surface area contributed by atoms with Crippen LogP contribution in [-0.2, 0) is 0 Å². The Morgan fingerprint density at radius 1 is 0.434 bits per heavy atom. The number of rotatable bonds is 8. The smallest absolute Gasteiger partial charge is 0.0542 e. The van der Waals surface area contributed by atoms with Crippen molar-refractivity contribution in [3.8, 4) is 27.9 Å². The van der Waals surface area contributed by atoms with Crippen molar-refractivity contribution in [2.24, 2.45) is 0 Å². The zero-order valence-corrected chi connectivity index (χ0v) is 30.0. The Labute approximate surface area is 311 Å². The van der Waals surface area contributed by atoms with Crippen LogP contribution in [0.15, 0.2) is 200 Å². The molecule has 0 N–H and O–H groups in total. The van der Waals surface area contributed by atoms with E-state index < -0.39 is 0 Å². The number of aromatic nitrogens is 1. The molecule has 2 nitrogen and oxygen atoms in total. The van der Waals surface area contributed by atoms with Gasteiger partial charge in [-0.2, -0.15) is 0 Å². The second kappa shape index (κ2) is 13.8. The van der Waals surface area contributed by atoms with E-state index in [-0.39, 0.29) is 5.92 Å². The van der Waals surface area contributed by atoms with Crippen LogP contribution in [0.5, 0.6) is 0 Å². The summed E-state index contributed by atoms with van der Waals surface area (Å²) in [5.41, 5.74) is 15.9. The first-order valence-electron chi connectivity index (χ1n) is 18.4. The Morgan fingerprint density at radius 3 is 1.62 bits per heavy atom. The zero-order chi connectivity index (χ0) is 35.7. The highest BCUT2D eigenvalue weighted by atomic mass is 15.1. The quantitative estimate of drug-likeness (QED) is 0.145. The molecular formula is C51H40N2. The number of nitrogens with zero attached hydrogens (tertiary/aromatic N) is 2. The highest BCUT2D eigenvalue weighted by Gasteiger charge is 2.23. The van der Waals surface area contributed by atoms with Gasteiger partial charge < -0.3 is 9.47 Å². The van der Waals surface area contributed by atoms with Crippen molar-refractivity contribution >= 4 is 33.2 Å². The Morgan fingerprint density at radius 2 is 0.962 bits per heavy atom. The molecule has 1 heterocycles. The minimum Gasteiger partial charge on any atom is -0.345 e. The molecule has 0 aliphatic carbocycles. The van der Waals surface area contributed by atoms with Crippen LogP contribution < -0.4 is 4.90 Å². The molecule has 0 bridgehead atoms. The molecule has 0 fully saturated rings. The Hall–Kier alpha value is -6.64. The standard InChI is InChI=1S/C51H40N2/c1-36-17-15-16-26-44(36)45-30-27-39(34-48(45)51(37-18-7-3-8-19-37)38-20-9-4-10-21-38)40-28-31-49-46(33-40)47-35-43(52(2)41-22-11-5-12-23-41)29-32-50(47)53(49)42-24-13-6-14-25-42/h3-35,51H,1-2H3. The predicted octanol–water partition coefficient (Wildman–Crippen LogP) is 13.4. The first kappa shape index (κ1) is 32.3. The number of para-hydroxylation sites is 2. The maximum atomic E-state index is 2.44. The second-order valence-corrected chi connectivity index (χ2v) is 13.9. The fraction of sp³-hybridized carbons (Fsp3) is 0.0588. The van der Waals surface area contributed by atoms with Gasteiger partial charge in [-0.25, -0.2) is 0 Å². The third kappa shape index (κ3) is 5.99. The SMILES string of the molecule is Cc1ccccc1-c1ccc(-c2ccc3c(c2)c2cc(N(C)c4ccccc4)ccc2n3-c2ccccc2)cc1C(c1ccccc1)c1ccccc1. The summed E-state index contributed by atoms with van der Waals surface area (Å²) < 4.78 is 2.40. The Bertz CT molecular complexity index is 2640. The first-order valence-corrected chi connectivity index (χ1v) is 18.4. The zero-order valence-electron chi connectivity index (χ0n) is 30.0. The van der Waals surface area contributed by atoms with Gasteiger partial charge in [-0.3, -0.25) is 0 Å². The normalized spacial score (nSPS) is 11.4. The number of hydrogen-bond acceptors (Lipinski definition) is 1. The van der Waals surface area contributed by atoms with Gasteiger partial charge in [0.25, 0.3) is 0 Å². The molecule has 0 unspecified atom stereocenters. The van der Waals surface area contributed by atoms with Crippen molar-refractivity contribution in [1.82, 2.24) is 4.57 Å². The molecule has 0 radical (unpaired) electrons. The first-order chi connectivity index (χ1) is 26.1. The minimum atomic E-state index is 0.0618. The third-order valence-corrected chi connectivity index (χ3v) is 10.7. The molecule has 1 aromatic heterocycles. The lowest BCUT2D eigenvalue weighted by molar-refractivity contribution is 0.980. The maximum absolute atomic E-state index is 2.44. The van der Waals surface area contributed by atoms with Crippen LogP contribution in [0.1, 0.15) is 28.2 Å². The molecule has 9 rings (SSSR count). The summed E-state index contributed by atoms with van der Waals surface area (Å²) in [7, 11) is 2.14. The van der Waals surface area contributed by atoms with Gasteiger partial charge in [0.2, 0.25) is 0 Å². The van der Waals surface area contributed by atoms with E-state index in [0.29, 0.717) is 0 Å². The van der Waals surface area contributed by atoms with Gasteiger partial charge in [0, 0.05) is 40.8 Å². The molecular weight excluding hydrogens is 641 g/mol. The summed E-state index contributed by atoms with van der Waals surface area (Å²) in [5, 5.41) is 2.46. The number of fused-ring (bicyclic) bond motifs is 3. The molecule has 0 atom stereocenters. The monoisotopic (exact) mass is 680 g/mol. The molecule has 0 amide bonds. The van der Waals surface area contributed by atoms with E-state index in [4.69, 9.17) is 0 Å². The molecule has 0 aliphatic rings. The van der Waals surface area contributed by atoms with Gasteiger partial charge in [-0.1, -0.05) is 140 Å². The van der Waals surface area contributed by atoms with Crippen LogP contribution in [0.2, 0.25) is 0 Å². The summed E-state index contributed by atoms with van der Waals surface area (Å²) in [6.07, 6.45) is 0. The lowest BCUT2D eigenvalue weighted by Crippen LogP contribution is -2.08. The van der Waals surface area contributed by atoms with Crippen molar-refractivity contribution in [3.63, 3.8) is 0 Å². The van der Waals surface area contributed by atoms with Crippen molar-refractivity contribution in [1.29, 1.82) is 0 Å². The fourth-order valence-electron chi connectivity index (χ4n) is 8.00. The van der Waals surface area contributed by atoms with Crippen molar-refractivity contribution < 1.29 is 0 Å². The van der Waals surface area contributed by atoms with Crippen LogP contribution >= 0.6 is 0 Å². The molecule has 0 aliphatic heterocycles. The van der Waals surface area contributed by atoms with E-state index in [1.165, 1.54) is 66.3 Å². The van der Waals surface area contributed by atoms with Crippen LogP contribution in [0, 0.1) is 6.92 Å². The highest BCUT2D eigenvalue weighted by Crippen LogP contribution is 2.43. The molecule has 8 aromatic carbocycles. The third-order valence-electron chi connectivity index (χ3n) is 10.7. The maximum Gasteiger partial charge on any atom is 0.0542 e. The topological polar surface area (TPSA) is 8.17 Å². The van der Waals surface area contributed by atoms with Gasteiger partial charge in [-0.15, -0.1) is 0 Å². The minimum absolute atomic E-state index is 0.0618. The van der Waals surface area contributed by atoms with E-state index in [1.54, 1.807) is 0 Å². The van der Waals surface area contributed by atoms with Gasteiger partial charge in [0.05, 0.1) is 11.0 Å². The van der Waals surface area contributed by atoms with E-state index in [9.17, 15) is 0 Å². The molecule has 254 valence electrons. The van der Waals surface area contributed by atoms with Gasteiger partial charge in [-0.05, 0) is 112 Å². The van der Waals surface area contributed by atoms with E-state index >= 15 is 0 Å². The van der Waals surface area contributed by atoms with E-state index in [1.807, 2.05) is 0 Å². The average Bonchev–Trinajstić information content (AvgIpc) is 3.55. The highest BCUT2D eigenvalue weighted by molar-refractivity contribution is 6.11. The lowest BCUT2D eigenvalue weighted by atomic mass is 9.79. The van der Waals surface area contributed by atoms with Crippen LogP contribution in [0.3, 0.4) is 0 Å². The number of hydrogen-bond donors (Lipinski definition) is 0. The fourth-order valence-corrected chi connectivity index (χ4v) is 8.00. The second-order valence-electron chi connectivity index (χ2n) is 13.9. The van der Waals surface area contributed by atoms with Gasteiger partial charge in [0.15, 0.2) is 0 Å². The van der Waals surface area contributed by atoms with Gasteiger partial charge >= 0.3 is 0 Å². The molecule has 9 aromatic rings. The van der Waals surface area contributed by atoms with E-state index in [0.717, 1.165) is 17.1 Å². The lowest BCUT2D eigenvalue weighted by Gasteiger charge is -2.24. The predicted molar refractivity (Wildman–Crippen MR) is 225 cm³/mol. The van der Waals surface area contributed by atoms with Crippen LogP contribution in [-0.4, -0.2) is 11.6 Å². The largest absolute Gasteiger partial charge is 0.345 e. The van der Waals surface area contributed by atoms with Gasteiger partial charge in [0.1, 0.15) is 0 Å². The van der Waals surface area contributed by atoms with Crippen molar-refractivity contribution in [2.75, 3.05) is 11.9 Å². The van der Waals surface area contributed by atoms with Crippen LogP contribution in [0.4, 0.5) is 11.4 Å². The molecule has 2 heteroatoms. The summed E-state index contributed by atoms with van der Waals surface area (Å²) in [5.74, 6) is 0.0618. The summed E-state index contributed by atoms with van der Waals surface area (Å²) >= 11 is 0. The molecule has 0 saturated heterocycles. The molecule has 0 saturated carbocycles. The summed E-state index contributed by atoms with van der Waals surface area (Å²) in [6.45, 7) is 2.22. The average molecular weight is 681 g/mol. The van der Waals surface area contributed by atoms with Crippen molar-refractivity contribution in [3.05, 3.63) is 222 Å². The Balaban J connectivity index is 1.27. The molecule has 53 heavy (non-hydrogen) atoms. The summed E-state index contributed by atoms with van der Waals surface area (Å²) in [4.78, 5) is 2.26. The van der Waals surface area contributed by atoms with E-state index in [2.05, 4.69) is 224 Å². The van der Waals surface area contributed by atoms with Crippen LogP contribution in [0.25, 0.3) is 49.7 Å². The Kier molecular flexibility index (Phi) is 8.42. The molecule has 0 spiro atoms. The summed E-state index contributed by atoms with van der Waals surface area (Å²) in [6, 6.07) is 72.9. The van der Waals surface area contributed by atoms with Crippen molar-refractivity contribution in [2.45, 2.75) is 12.8 Å². The number of aryl methyl sites for hydroxylation is 1. The number of anilines is 2. The number of benzene rings is 8.